The number of hydrogen-bond acceptors (Lipinski definition) is 4. The maximum absolute atomic E-state index is 13.2. The van der Waals surface area contributed by atoms with Gasteiger partial charge in [0, 0.05) is 5.56 Å². The minimum absolute atomic E-state index is 0.164. The Bertz CT molecular complexity index is 1110. The second kappa shape index (κ2) is 6.70. The van der Waals surface area contributed by atoms with Gasteiger partial charge in [-0.05, 0) is 35.9 Å². The summed E-state index contributed by atoms with van der Waals surface area (Å²) in [5.41, 5.74) is 2.87. The summed E-state index contributed by atoms with van der Waals surface area (Å²) in [6.45, 7) is 0.215. The molecule has 0 aliphatic carbocycles. The predicted molar refractivity (Wildman–Crippen MR) is 107 cm³/mol. The molecule has 0 unspecified atom stereocenters. The number of amides is 1. The van der Waals surface area contributed by atoms with Gasteiger partial charge in [0.15, 0.2) is 11.5 Å². The van der Waals surface area contributed by atoms with Gasteiger partial charge in [0.25, 0.3) is 5.91 Å². The van der Waals surface area contributed by atoms with Crippen LogP contribution in [0, 0.1) is 0 Å². The van der Waals surface area contributed by atoms with Crippen LogP contribution >= 0.6 is 0 Å². The average molecular weight is 368 g/mol. The van der Waals surface area contributed by atoms with E-state index in [4.69, 9.17) is 9.47 Å². The van der Waals surface area contributed by atoms with E-state index in [-0.39, 0.29) is 12.7 Å². The van der Waals surface area contributed by atoms with E-state index < -0.39 is 0 Å². The molecule has 5 nitrogen and oxygen atoms in total. The van der Waals surface area contributed by atoms with Gasteiger partial charge in [-0.25, -0.2) is 4.99 Å². The van der Waals surface area contributed by atoms with Crippen molar-refractivity contribution in [3.63, 3.8) is 0 Å². The third-order valence-electron chi connectivity index (χ3n) is 4.61. The van der Waals surface area contributed by atoms with Crippen molar-refractivity contribution in [3.05, 3.63) is 95.7 Å². The van der Waals surface area contributed by atoms with Crippen molar-refractivity contribution in [3.8, 4) is 11.5 Å². The number of amidine groups is 1. The van der Waals surface area contributed by atoms with Gasteiger partial charge >= 0.3 is 0 Å². The van der Waals surface area contributed by atoms with E-state index in [1.807, 2.05) is 78.9 Å². The second-order valence-corrected chi connectivity index (χ2v) is 6.42. The molecule has 1 amide bonds. The van der Waals surface area contributed by atoms with Crippen LogP contribution in [0.15, 0.2) is 89.6 Å². The van der Waals surface area contributed by atoms with Crippen LogP contribution in [0.2, 0.25) is 0 Å². The Morgan fingerprint density at radius 1 is 0.857 bits per heavy atom. The van der Waals surface area contributed by atoms with Gasteiger partial charge in [-0.2, -0.15) is 0 Å². The molecule has 0 saturated heterocycles. The fourth-order valence-corrected chi connectivity index (χ4v) is 3.27. The fraction of sp³-hybridized carbons (Fsp3) is 0.0435. The Hall–Kier alpha value is -3.86. The zero-order valence-electron chi connectivity index (χ0n) is 14.9. The van der Waals surface area contributed by atoms with Crippen LogP contribution in [-0.2, 0) is 4.79 Å². The number of nitrogens with zero attached hydrogens (tertiary/aromatic N) is 2. The summed E-state index contributed by atoms with van der Waals surface area (Å²) in [5, 5.41) is 0. The number of rotatable bonds is 3. The number of carbonyl (C=O) groups excluding carboxylic acids is 1. The molecule has 0 N–H and O–H groups in total. The fourth-order valence-electron chi connectivity index (χ4n) is 3.27. The molecular weight excluding hydrogens is 352 g/mol. The van der Waals surface area contributed by atoms with Crippen LogP contribution in [-0.4, -0.2) is 18.5 Å². The van der Waals surface area contributed by atoms with E-state index in [9.17, 15) is 4.79 Å². The summed E-state index contributed by atoms with van der Waals surface area (Å²) < 4.78 is 10.8. The van der Waals surface area contributed by atoms with Crippen molar-refractivity contribution in [2.24, 2.45) is 4.99 Å². The average Bonchev–Trinajstić information content (AvgIpc) is 3.34. The molecule has 0 bridgehead atoms. The van der Waals surface area contributed by atoms with Gasteiger partial charge in [-0.1, -0.05) is 54.6 Å². The molecule has 2 aliphatic rings. The Kier molecular flexibility index (Phi) is 3.91. The molecule has 2 heterocycles. The summed E-state index contributed by atoms with van der Waals surface area (Å²) in [5.74, 6) is 1.83. The van der Waals surface area contributed by atoms with Crippen LogP contribution in [0.5, 0.6) is 11.5 Å². The van der Waals surface area contributed by atoms with Crippen molar-refractivity contribution in [2.45, 2.75) is 0 Å². The van der Waals surface area contributed by atoms with Crippen molar-refractivity contribution in [1.29, 1.82) is 0 Å². The monoisotopic (exact) mass is 368 g/mol. The number of hydrogen-bond donors (Lipinski definition) is 0. The summed E-state index contributed by atoms with van der Waals surface area (Å²) in [7, 11) is 0. The topological polar surface area (TPSA) is 51.1 Å². The van der Waals surface area contributed by atoms with Crippen LogP contribution in [0.25, 0.3) is 6.08 Å². The number of benzene rings is 3. The van der Waals surface area contributed by atoms with Crippen molar-refractivity contribution in [2.75, 3.05) is 11.7 Å². The minimum Gasteiger partial charge on any atom is -0.454 e. The maximum atomic E-state index is 13.2. The first-order valence-corrected chi connectivity index (χ1v) is 8.94. The van der Waals surface area contributed by atoms with E-state index >= 15 is 0 Å². The van der Waals surface area contributed by atoms with Gasteiger partial charge < -0.3 is 9.47 Å². The molecule has 2 aliphatic heterocycles. The number of aliphatic imine (C=N–C) groups is 1. The number of anilines is 1. The molecule has 5 heteroatoms. The Balaban J connectivity index is 1.59. The second-order valence-electron chi connectivity index (χ2n) is 6.42. The third-order valence-corrected chi connectivity index (χ3v) is 4.61. The van der Waals surface area contributed by atoms with Gasteiger partial charge in [0.1, 0.15) is 11.5 Å². The molecule has 3 aromatic rings. The quantitative estimate of drug-likeness (QED) is 0.650. The molecule has 136 valence electrons. The first-order valence-electron chi connectivity index (χ1n) is 8.94. The van der Waals surface area contributed by atoms with Crippen LogP contribution in [0.4, 0.5) is 5.69 Å². The lowest BCUT2D eigenvalue weighted by Crippen LogP contribution is -2.32. The SMILES string of the molecule is O=C1/C(=C\c2ccc3c(c2)OCO3)N=C(c2ccccc2)N1c1ccccc1. The molecule has 0 radical (unpaired) electrons. The number of carbonyl (C=O) groups is 1. The summed E-state index contributed by atoms with van der Waals surface area (Å²) in [6.07, 6.45) is 1.77. The summed E-state index contributed by atoms with van der Waals surface area (Å²) in [6, 6.07) is 24.8. The normalized spacial score (nSPS) is 16.6. The highest BCUT2D eigenvalue weighted by atomic mass is 16.7. The molecule has 3 aromatic carbocycles. The summed E-state index contributed by atoms with van der Waals surface area (Å²) >= 11 is 0. The van der Waals surface area contributed by atoms with E-state index in [0.29, 0.717) is 23.0 Å². The molecule has 5 rings (SSSR count). The van der Waals surface area contributed by atoms with Gasteiger partial charge in [0.05, 0.1) is 5.69 Å². The molecular formula is C23H16N2O3. The van der Waals surface area contributed by atoms with E-state index in [2.05, 4.69) is 4.99 Å². The lowest BCUT2D eigenvalue weighted by Gasteiger charge is -2.18. The molecule has 0 spiro atoms. The van der Waals surface area contributed by atoms with E-state index in [0.717, 1.165) is 16.8 Å². The molecule has 0 atom stereocenters. The standard InChI is InChI=1S/C23H16N2O3/c26-23-19(13-16-11-12-20-21(14-16)28-15-27-20)24-22(17-7-3-1-4-8-17)25(23)18-9-5-2-6-10-18/h1-14H,15H2/b19-13+. The first kappa shape index (κ1) is 16.3. The smallest absolute Gasteiger partial charge is 0.282 e. The number of fused-ring (bicyclic) bond motifs is 1. The lowest BCUT2D eigenvalue weighted by molar-refractivity contribution is -0.113. The highest BCUT2D eigenvalue weighted by Gasteiger charge is 2.32. The lowest BCUT2D eigenvalue weighted by atomic mass is 10.1. The number of para-hydroxylation sites is 1. The molecule has 0 aromatic heterocycles. The first-order chi connectivity index (χ1) is 13.8. The van der Waals surface area contributed by atoms with E-state index in [1.165, 1.54) is 0 Å². The van der Waals surface area contributed by atoms with Crippen molar-refractivity contribution in [1.82, 2.24) is 0 Å². The van der Waals surface area contributed by atoms with Crippen LogP contribution < -0.4 is 14.4 Å². The Morgan fingerprint density at radius 3 is 2.36 bits per heavy atom. The largest absolute Gasteiger partial charge is 0.454 e. The third kappa shape index (κ3) is 2.83. The van der Waals surface area contributed by atoms with Crippen molar-refractivity contribution < 1.29 is 14.3 Å². The maximum Gasteiger partial charge on any atom is 0.282 e. The van der Waals surface area contributed by atoms with Gasteiger partial charge in [-0.15, -0.1) is 0 Å². The van der Waals surface area contributed by atoms with Crippen LogP contribution in [0.1, 0.15) is 11.1 Å². The van der Waals surface area contributed by atoms with Crippen LogP contribution in [0.3, 0.4) is 0 Å². The zero-order chi connectivity index (χ0) is 18.9. The highest BCUT2D eigenvalue weighted by Crippen LogP contribution is 2.34. The predicted octanol–water partition coefficient (Wildman–Crippen LogP) is 4.25. The minimum atomic E-state index is -0.164. The molecule has 0 fully saturated rings. The number of ether oxygens (including phenoxy) is 2. The Labute approximate surface area is 162 Å². The molecule has 0 saturated carbocycles. The van der Waals surface area contributed by atoms with Crippen molar-refractivity contribution >= 4 is 23.5 Å². The summed E-state index contributed by atoms with van der Waals surface area (Å²) in [4.78, 5) is 19.5. The van der Waals surface area contributed by atoms with E-state index in [1.54, 1.807) is 11.0 Å². The van der Waals surface area contributed by atoms with Gasteiger partial charge in [-0.3, -0.25) is 9.69 Å². The zero-order valence-corrected chi connectivity index (χ0v) is 14.9. The van der Waals surface area contributed by atoms with Gasteiger partial charge in [0.2, 0.25) is 6.79 Å². The highest BCUT2D eigenvalue weighted by molar-refractivity contribution is 6.33. The molecule has 28 heavy (non-hydrogen) atoms. The Morgan fingerprint density at radius 2 is 1.57 bits per heavy atom.